The number of hydrogen-bond donors (Lipinski definition) is 1. The fourth-order valence-electron chi connectivity index (χ4n) is 0.110. The van der Waals surface area contributed by atoms with Crippen LogP contribution in [-0.4, -0.2) is 24.8 Å². The quantitative estimate of drug-likeness (QED) is 0.245. The highest BCUT2D eigenvalue weighted by molar-refractivity contribution is 5.69. The lowest BCUT2D eigenvalue weighted by Crippen LogP contribution is -1.96. The van der Waals surface area contributed by atoms with Crippen molar-refractivity contribution in [2.75, 3.05) is 7.11 Å². The summed E-state index contributed by atoms with van der Waals surface area (Å²) in [6, 6.07) is 0. The van der Waals surface area contributed by atoms with Crippen LogP contribution in [0.5, 0.6) is 0 Å². The van der Waals surface area contributed by atoms with Crippen LogP contribution < -0.4 is 0 Å². The van der Waals surface area contributed by atoms with Crippen molar-refractivity contribution in [3.63, 3.8) is 0 Å². The van der Waals surface area contributed by atoms with E-state index in [0.29, 0.717) is 6.40 Å². The van der Waals surface area contributed by atoms with Gasteiger partial charge in [-0.15, -0.1) is 0 Å². The molecule has 46 valence electrons. The third kappa shape index (κ3) is 4.74. The molecule has 0 bridgehead atoms. The molecule has 0 saturated heterocycles. The van der Waals surface area contributed by atoms with Gasteiger partial charge in [0.25, 0.3) is 0 Å². The molecular weight excluding hydrogens is 114 g/mol. The summed E-state index contributed by atoms with van der Waals surface area (Å²) in [5.74, 6) is 0. The van der Waals surface area contributed by atoms with E-state index in [9.17, 15) is 4.79 Å². The van der Waals surface area contributed by atoms with Crippen LogP contribution in [0.3, 0.4) is 0 Å². The summed E-state index contributed by atoms with van der Waals surface area (Å²) in [6.45, 7) is 0. The second kappa shape index (κ2) is 3.91. The van der Waals surface area contributed by atoms with Gasteiger partial charge in [0.1, 0.15) is 7.11 Å². The largest absolute Gasteiger partial charge is 0.512 e. The predicted octanol–water partition coefficient (Wildman–Crippen LogP) is 0.271. The summed E-state index contributed by atoms with van der Waals surface area (Å²) < 4.78 is 3.78. The van der Waals surface area contributed by atoms with Crippen molar-refractivity contribution in [2.45, 2.75) is 0 Å². The van der Waals surface area contributed by atoms with Gasteiger partial charge in [-0.3, -0.25) is 0 Å². The molecule has 0 spiro atoms. The molecule has 0 aromatic carbocycles. The van der Waals surface area contributed by atoms with Gasteiger partial charge in [0.15, 0.2) is 0 Å². The number of carboxylic acid groups (broad SMARTS) is 1. The Balaban J connectivity index is 3.16. The first kappa shape index (κ1) is 6.74. The van der Waals surface area contributed by atoms with E-state index in [0.717, 1.165) is 0 Å². The van der Waals surface area contributed by atoms with Crippen molar-refractivity contribution in [3.8, 4) is 0 Å². The van der Waals surface area contributed by atoms with Gasteiger partial charge >= 0.3 is 6.16 Å². The van der Waals surface area contributed by atoms with Gasteiger partial charge in [0.05, 0.1) is 0 Å². The minimum atomic E-state index is -1.41. The Kier molecular flexibility index (Phi) is 3.30. The van der Waals surface area contributed by atoms with Crippen molar-refractivity contribution >= 4 is 12.6 Å². The van der Waals surface area contributed by atoms with Gasteiger partial charge in [-0.1, -0.05) is 5.16 Å². The van der Waals surface area contributed by atoms with Crippen molar-refractivity contribution < 1.29 is 19.5 Å². The number of hydrogen-bond acceptors (Lipinski definition) is 4. The molecule has 0 aromatic rings. The van der Waals surface area contributed by atoms with Crippen LogP contribution >= 0.6 is 0 Å². The lowest BCUT2D eigenvalue weighted by atomic mass is 11.3. The molecule has 0 aliphatic heterocycles. The van der Waals surface area contributed by atoms with Gasteiger partial charge in [0, 0.05) is 0 Å². The van der Waals surface area contributed by atoms with E-state index in [1.165, 1.54) is 7.11 Å². The van der Waals surface area contributed by atoms with Crippen LogP contribution in [0.1, 0.15) is 0 Å². The molecule has 8 heavy (non-hydrogen) atoms. The summed E-state index contributed by atoms with van der Waals surface area (Å²) in [4.78, 5) is 13.6. The van der Waals surface area contributed by atoms with Crippen LogP contribution in [0.15, 0.2) is 5.16 Å². The molecule has 0 amide bonds. The summed E-state index contributed by atoms with van der Waals surface area (Å²) in [6.07, 6.45) is -0.728. The summed E-state index contributed by atoms with van der Waals surface area (Å²) >= 11 is 0. The van der Waals surface area contributed by atoms with E-state index in [-0.39, 0.29) is 0 Å². The Morgan fingerprint density at radius 2 is 2.50 bits per heavy atom. The van der Waals surface area contributed by atoms with Crippen molar-refractivity contribution in [1.29, 1.82) is 0 Å². The first-order chi connectivity index (χ1) is 3.77. The molecule has 0 aromatic heterocycles. The van der Waals surface area contributed by atoms with E-state index < -0.39 is 6.16 Å². The molecule has 5 heteroatoms. The Labute approximate surface area is 45.5 Å². The molecular formula is C3H5NO4. The van der Waals surface area contributed by atoms with Gasteiger partial charge in [-0.2, -0.15) is 0 Å². The number of carbonyl (C=O) groups is 1. The molecule has 0 aliphatic rings. The highest BCUT2D eigenvalue weighted by Crippen LogP contribution is 1.69. The number of ether oxygens (including phenoxy) is 1. The minimum absolute atomic E-state index is 0.683. The zero-order chi connectivity index (χ0) is 6.41. The average Bonchev–Trinajstić information content (AvgIpc) is 1.66. The fraction of sp³-hybridized carbons (Fsp3) is 0.333. The number of oxime groups is 1. The molecule has 1 N–H and O–H groups in total. The van der Waals surface area contributed by atoms with Gasteiger partial charge in [-0.05, 0) is 0 Å². The molecule has 0 atom stereocenters. The lowest BCUT2D eigenvalue weighted by molar-refractivity contribution is 0.137. The molecule has 0 aliphatic carbocycles. The molecule has 0 fully saturated rings. The number of nitrogens with zero attached hydrogens (tertiary/aromatic N) is 1. The van der Waals surface area contributed by atoms with Crippen LogP contribution in [0.25, 0.3) is 0 Å². The van der Waals surface area contributed by atoms with Crippen LogP contribution in [0.2, 0.25) is 0 Å². The smallest absolute Gasteiger partial charge is 0.449 e. The van der Waals surface area contributed by atoms with E-state index in [1.54, 1.807) is 0 Å². The Bertz CT molecular complexity index is 99.5. The molecule has 5 nitrogen and oxygen atoms in total. The highest BCUT2D eigenvalue weighted by atomic mass is 16.7. The maximum absolute atomic E-state index is 9.51. The Morgan fingerprint density at radius 3 is 2.88 bits per heavy atom. The predicted molar refractivity (Wildman–Crippen MR) is 24.6 cm³/mol. The van der Waals surface area contributed by atoms with Crippen molar-refractivity contribution in [3.05, 3.63) is 0 Å². The van der Waals surface area contributed by atoms with Crippen LogP contribution in [0.4, 0.5) is 4.79 Å². The third-order valence-electron chi connectivity index (χ3n) is 0.302. The van der Waals surface area contributed by atoms with E-state index in [1.807, 2.05) is 0 Å². The Hall–Kier alpha value is -1.26. The summed E-state index contributed by atoms with van der Waals surface area (Å²) in [5.41, 5.74) is 0. The molecule has 0 saturated carbocycles. The van der Waals surface area contributed by atoms with E-state index in [2.05, 4.69) is 14.7 Å². The van der Waals surface area contributed by atoms with E-state index in [4.69, 9.17) is 5.11 Å². The first-order valence-corrected chi connectivity index (χ1v) is 1.72. The summed E-state index contributed by atoms with van der Waals surface area (Å²) in [5, 5.41) is 10.8. The molecule has 0 unspecified atom stereocenters. The molecule has 0 heterocycles. The highest BCUT2D eigenvalue weighted by Gasteiger charge is 1.87. The normalized spacial score (nSPS) is 9.12. The van der Waals surface area contributed by atoms with Crippen LogP contribution in [0, 0.1) is 0 Å². The number of rotatable bonds is 2. The van der Waals surface area contributed by atoms with Gasteiger partial charge < -0.3 is 14.7 Å². The lowest BCUT2D eigenvalue weighted by Gasteiger charge is -1.85. The maximum atomic E-state index is 9.51. The van der Waals surface area contributed by atoms with Gasteiger partial charge in [0.2, 0.25) is 6.40 Å². The van der Waals surface area contributed by atoms with E-state index >= 15 is 0 Å². The molecule has 0 rings (SSSR count). The third-order valence-corrected chi connectivity index (χ3v) is 0.302. The monoisotopic (exact) mass is 119 g/mol. The zero-order valence-corrected chi connectivity index (χ0v) is 4.20. The second-order valence-corrected chi connectivity index (χ2v) is 0.777. The van der Waals surface area contributed by atoms with Gasteiger partial charge in [-0.25, -0.2) is 4.79 Å². The SMILES string of the molecule is CO/N=C/OC(=O)O. The second-order valence-electron chi connectivity index (χ2n) is 0.777. The standard InChI is InChI=1S/C3H5NO4/c1-7-4-2-8-3(5)6/h2H,1H3,(H,5,6)/b4-2+. The molecule has 0 radical (unpaired) electrons. The maximum Gasteiger partial charge on any atom is 0.512 e. The fourth-order valence-corrected chi connectivity index (χ4v) is 0.110. The first-order valence-electron chi connectivity index (χ1n) is 1.72. The zero-order valence-electron chi connectivity index (χ0n) is 4.20. The topological polar surface area (TPSA) is 68.1 Å². The van der Waals surface area contributed by atoms with Crippen LogP contribution in [-0.2, 0) is 9.57 Å². The van der Waals surface area contributed by atoms with Crippen molar-refractivity contribution in [1.82, 2.24) is 0 Å². The summed E-state index contributed by atoms with van der Waals surface area (Å²) in [7, 11) is 1.28. The van der Waals surface area contributed by atoms with Crippen molar-refractivity contribution in [2.24, 2.45) is 5.16 Å². The Morgan fingerprint density at radius 1 is 1.88 bits per heavy atom. The minimum Gasteiger partial charge on any atom is -0.449 e. The average molecular weight is 119 g/mol.